The summed E-state index contributed by atoms with van der Waals surface area (Å²) in [6, 6.07) is 1.15. The van der Waals surface area contributed by atoms with Gasteiger partial charge in [-0.3, -0.25) is 4.79 Å². The van der Waals surface area contributed by atoms with Gasteiger partial charge in [-0.2, -0.15) is 0 Å². The predicted molar refractivity (Wildman–Crippen MR) is 72.0 cm³/mol. The summed E-state index contributed by atoms with van der Waals surface area (Å²) in [7, 11) is 0. The van der Waals surface area contributed by atoms with Gasteiger partial charge in [0.25, 0.3) is 0 Å². The molecule has 1 fully saturated rings. The molecule has 1 amide bonds. The zero-order chi connectivity index (χ0) is 12.5. The van der Waals surface area contributed by atoms with Crippen LogP contribution in [-0.2, 0) is 4.79 Å². The minimum atomic E-state index is 0.233. The minimum absolute atomic E-state index is 0.233. The lowest BCUT2D eigenvalue weighted by Gasteiger charge is -2.17. The summed E-state index contributed by atoms with van der Waals surface area (Å²) in [5, 5.41) is 6.59. The molecule has 0 heterocycles. The van der Waals surface area contributed by atoms with Crippen LogP contribution in [0.1, 0.15) is 65.2 Å². The van der Waals surface area contributed by atoms with E-state index in [-0.39, 0.29) is 5.91 Å². The van der Waals surface area contributed by atoms with E-state index in [1.54, 1.807) is 0 Å². The monoisotopic (exact) mass is 240 g/mol. The third-order valence-electron chi connectivity index (χ3n) is 3.23. The van der Waals surface area contributed by atoms with Crippen LogP contribution in [0.2, 0.25) is 0 Å². The second-order valence-electron chi connectivity index (χ2n) is 5.17. The quantitative estimate of drug-likeness (QED) is 0.576. The number of nitrogens with one attached hydrogen (secondary N) is 2. The van der Waals surface area contributed by atoms with Crippen molar-refractivity contribution in [1.29, 1.82) is 0 Å². The van der Waals surface area contributed by atoms with Crippen LogP contribution in [0.5, 0.6) is 0 Å². The number of carbonyl (C=O) groups is 1. The summed E-state index contributed by atoms with van der Waals surface area (Å²) in [4.78, 5) is 11.5. The van der Waals surface area contributed by atoms with Crippen LogP contribution in [0.25, 0.3) is 0 Å². The first kappa shape index (κ1) is 14.5. The van der Waals surface area contributed by atoms with E-state index in [2.05, 4.69) is 24.5 Å². The number of amides is 1. The highest BCUT2D eigenvalue weighted by atomic mass is 16.1. The van der Waals surface area contributed by atoms with Crippen molar-refractivity contribution in [2.75, 3.05) is 6.54 Å². The van der Waals surface area contributed by atoms with Crippen LogP contribution in [0.15, 0.2) is 0 Å². The van der Waals surface area contributed by atoms with Crippen molar-refractivity contribution >= 4 is 5.91 Å². The van der Waals surface area contributed by atoms with Gasteiger partial charge in [0, 0.05) is 18.5 Å². The highest BCUT2D eigenvalue weighted by molar-refractivity contribution is 5.76. The van der Waals surface area contributed by atoms with E-state index in [1.165, 1.54) is 38.5 Å². The molecule has 3 heteroatoms. The zero-order valence-corrected chi connectivity index (χ0v) is 11.4. The molecule has 17 heavy (non-hydrogen) atoms. The predicted octanol–water partition coefficient (Wildman–Crippen LogP) is 2.60. The maximum Gasteiger partial charge on any atom is 0.220 e. The smallest absolute Gasteiger partial charge is 0.220 e. The zero-order valence-electron chi connectivity index (χ0n) is 11.4. The fourth-order valence-corrected chi connectivity index (χ4v) is 2.13. The first-order valence-corrected chi connectivity index (χ1v) is 7.29. The highest BCUT2D eigenvalue weighted by Gasteiger charge is 2.22. The molecule has 0 aromatic rings. The molecule has 100 valence electrons. The number of hydrogen-bond donors (Lipinski definition) is 2. The lowest BCUT2D eigenvalue weighted by atomic mass is 10.1. The van der Waals surface area contributed by atoms with Gasteiger partial charge >= 0.3 is 0 Å². The lowest BCUT2D eigenvalue weighted by molar-refractivity contribution is -0.121. The van der Waals surface area contributed by atoms with Crippen molar-refractivity contribution in [2.45, 2.75) is 77.3 Å². The lowest BCUT2D eigenvalue weighted by Crippen LogP contribution is -2.31. The summed E-state index contributed by atoms with van der Waals surface area (Å²) in [6.07, 6.45) is 8.97. The fraction of sp³-hybridized carbons (Fsp3) is 0.929. The average molecular weight is 240 g/mol. The Morgan fingerprint density at radius 1 is 1.24 bits per heavy atom. The molecule has 0 spiro atoms. The van der Waals surface area contributed by atoms with Gasteiger partial charge in [0.15, 0.2) is 0 Å². The summed E-state index contributed by atoms with van der Waals surface area (Å²) >= 11 is 0. The molecule has 1 aliphatic rings. The van der Waals surface area contributed by atoms with E-state index in [0.29, 0.717) is 18.5 Å². The van der Waals surface area contributed by atoms with Crippen molar-refractivity contribution in [3.63, 3.8) is 0 Å². The van der Waals surface area contributed by atoms with Crippen LogP contribution >= 0.6 is 0 Å². The molecule has 0 aliphatic heterocycles. The van der Waals surface area contributed by atoms with Gasteiger partial charge in [-0.25, -0.2) is 0 Å². The van der Waals surface area contributed by atoms with Gasteiger partial charge in [-0.15, -0.1) is 0 Å². The third kappa shape index (κ3) is 7.37. The Hall–Kier alpha value is -0.570. The number of hydrogen-bond acceptors (Lipinski definition) is 2. The summed E-state index contributed by atoms with van der Waals surface area (Å²) in [6.45, 7) is 5.43. The largest absolute Gasteiger partial charge is 0.353 e. The molecule has 3 nitrogen and oxygen atoms in total. The molecule has 0 atom stereocenters. The SMILES string of the molecule is CCCC(CCC)NCCCC(=O)NC1CC1. The molecule has 1 saturated carbocycles. The molecule has 0 bridgehead atoms. The van der Waals surface area contributed by atoms with Crippen LogP contribution in [0.3, 0.4) is 0 Å². The van der Waals surface area contributed by atoms with Gasteiger partial charge in [0.2, 0.25) is 5.91 Å². The number of carbonyl (C=O) groups excluding carboxylic acids is 1. The van der Waals surface area contributed by atoms with Crippen molar-refractivity contribution < 1.29 is 4.79 Å². The molecular formula is C14H28N2O. The van der Waals surface area contributed by atoms with E-state index < -0.39 is 0 Å². The first-order valence-electron chi connectivity index (χ1n) is 7.29. The maximum absolute atomic E-state index is 11.5. The van der Waals surface area contributed by atoms with E-state index in [9.17, 15) is 4.79 Å². The number of rotatable bonds is 10. The highest BCUT2D eigenvalue weighted by Crippen LogP contribution is 2.18. The molecule has 0 radical (unpaired) electrons. The second kappa shape index (κ2) is 8.51. The van der Waals surface area contributed by atoms with Gasteiger partial charge in [0.1, 0.15) is 0 Å². The van der Waals surface area contributed by atoms with Crippen molar-refractivity contribution in [3.05, 3.63) is 0 Å². The Morgan fingerprint density at radius 3 is 2.41 bits per heavy atom. The topological polar surface area (TPSA) is 41.1 Å². The normalized spacial score (nSPS) is 15.2. The minimum Gasteiger partial charge on any atom is -0.353 e. The van der Waals surface area contributed by atoms with Crippen molar-refractivity contribution in [3.8, 4) is 0 Å². The van der Waals surface area contributed by atoms with Gasteiger partial charge < -0.3 is 10.6 Å². The van der Waals surface area contributed by atoms with E-state index in [1.807, 2.05) is 0 Å². The Balaban J connectivity index is 1.98. The van der Waals surface area contributed by atoms with Crippen LogP contribution in [0, 0.1) is 0 Å². The molecule has 0 aromatic heterocycles. The first-order chi connectivity index (χ1) is 8.26. The standard InChI is InChI=1S/C14H28N2O/c1-3-6-12(7-4-2)15-11-5-8-14(17)16-13-9-10-13/h12-13,15H,3-11H2,1-2H3,(H,16,17). The van der Waals surface area contributed by atoms with Crippen molar-refractivity contribution in [1.82, 2.24) is 10.6 Å². The Bertz CT molecular complexity index is 208. The van der Waals surface area contributed by atoms with Gasteiger partial charge in [-0.05, 0) is 38.6 Å². The average Bonchev–Trinajstić information content (AvgIpc) is 3.09. The second-order valence-corrected chi connectivity index (χ2v) is 5.17. The van der Waals surface area contributed by atoms with Gasteiger partial charge in [-0.1, -0.05) is 26.7 Å². The van der Waals surface area contributed by atoms with E-state index in [0.717, 1.165) is 13.0 Å². The van der Waals surface area contributed by atoms with Crippen LogP contribution in [0.4, 0.5) is 0 Å². The van der Waals surface area contributed by atoms with Crippen LogP contribution < -0.4 is 10.6 Å². The molecule has 2 N–H and O–H groups in total. The molecule has 1 rings (SSSR count). The molecule has 1 aliphatic carbocycles. The molecular weight excluding hydrogens is 212 g/mol. The molecule has 0 saturated heterocycles. The maximum atomic E-state index is 11.5. The van der Waals surface area contributed by atoms with E-state index >= 15 is 0 Å². The van der Waals surface area contributed by atoms with E-state index in [4.69, 9.17) is 0 Å². The Kier molecular flexibility index (Phi) is 7.25. The fourth-order valence-electron chi connectivity index (χ4n) is 2.13. The Labute approximate surface area is 106 Å². The van der Waals surface area contributed by atoms with Crippen molar-refractivity contribution in [2.24, 2.45) is 0 Å². The third-order valence-corrected chi connectivity index (χ3v) is 3.23. The van der Waals surface area contributed by atoms with Crippen LogP contribution in [-0.4, -0.2) is 24.5 Å². The van der Waals surface area contributed by atoms with Gasteiger partial charge in [0.05, 0.1) is 0 Å². The Morgan fingerprint density at radius 2 is 1.88 bits per heavy atom. The molecule has 0 aromatic carbocycles. The summed E-state index contributed by atoms with van der Waals surface area (Å²) in [5.74, 6) is 0.233. The molecule has 0 unspecified atom stereocenters. The summed E-state index contributed by atoms with van der Waals surface area (Å²) in [5.41, 5.74) is 0. The summed E-state index contributed by atoms with van der Waals surface area (Å²) < 4.78 is 0.